The molecule has 2 aromatic carbocycles. The minimum atomic E-state index is -4.35. The second kappa shape index (κ2) is 11.7. The number of hydrogen-bond donors (Lipinski definition) is 2. The summed E-state index contributed by atoms with van der Waals surface area (Å²) in [6.45, 7) is -0.814. The fourth-order valence-electron chi connectivity index (χ4n) is 4.57. The largest absolute Gasteiger partial charge is 0.495 e. The van der Waals surface area contributed by atoms with E-state index in [1.807, 2.05) is 36.6 Å². The van der Waals surface area contributed by atoms with Crippen LogP contribution < -0.4 is 15.4 Å². The van der Waals surface area contributed by atoms with Crippen molar-refractivity contribution in [3.63, 3.8) is 0 Å². The van der Waals surface area contributed by atoms with E-state index in [1.54, 1.807) is 31.0 Å². The topological polar surface area (TPSA) is 38.2 Å². The summed E-state index contributed by atoms with van der Waals surface area (Å²) in [7, 11) is 4.49. The van der Waals surface area contributed by atoms with Crippen molar-refractivity contribution in [2.24, 2.45) is 0 Å². The summed E-state index contributed by atoms with van der Waals surface area (Å²) in [6.07, 6.45) is 1.99. The number of ether oxygens (including phenoxy) is 1. The molecular formula is C27H31F3N3OPS. The normalized spacial score (nSPS) is 17.9. The van der Waals surface area contributed by atoms with E-state index in [0.717, 1.165) is 47.3 Å². The van der Waals surface area contributed by atoms with Crippen LogP contribution in [0.4, 0.5) is 24.5 Å². The zero-order valence-electron chi connectivity index (χ0n) is 20.4. The summed E-state index contributed by atoms with van der Waals surface area (Å²) in [5.74, 6) is 6.65. The average Bonchev–Trinajstić information content (AvgIpc) is 3.20. The molecule has 2 N–H and O–H groups in total. The number of aromatic nitrogens is 1. The first-order valence-electron chi connectivity index (χ1n) is 11.9. The molecule has 1 atom stereocenters. The second-order valence-electron chi connectivity index (χ2n) is 8.95. The van der Waals surface area contributed by atoms with E-state index in [0.29, 0.717) is 28.7 Å². The maximum absolute atomic E-state index is 13.5. The van der Waals surface area contributed by atoms with Gasteiger partial charge in [0.15, 0.2) is 0 Å². The molecule has 1 heterocycles. The number of methoxy groups -OCH3 is 1. The van der Waals surface area contributed by atoms with Crippen LogP contribution in [-0.4, -0.2) is 42.4 Å². The van der Waals surface area contributed by atoms with E-state index in [1.165, 1.54) is 4.57 Å². The fourth-order valence-corrected chi connectivity index (χ4v) is 5.38. The quantitative estimate of drug-likeness (QED) is 0.195. The zero-order valence-corrected chi connectivity index (χ0v) is 22.4. The third-order valence-corrected chi connectivity index (χ3v) is 7.80. The summed E-state index contributed by atoms with van der Waals surface area (Å²) >= 11 is 1.62. The zero-order chi connectivity index (χ0) is 25.7. The van der Waals surface area contributed by atoms with Crippen molar-refractivity contribution in [3.8, 4) is 17.6 Å². The summed E-state index contributed by atoms with van der Waals surface area (Å²) in [4.78, 5) is 1.08. The first-order valence-corrected chi connectivity index (χ1v) is 13.8. The maximum atomic E-state index is 13.5. The molecule has 0 aliphatic heterocycles. The van der Waals surface area contributed by atoms with Crippen LogP contribution >= 0.6 is 21.0 Å². The molecule has 4 nitrogen and oxygen atoms in total. The van der Waals surface area contributed by atoms with Gasteiger partial charge in [0.1, 0.15) is 12.3 Å². The number of thioether (sulfide) groups is 1. The van der Waals surface area contributed by atoms with Crippen LogP contribution in [0.1, 0.15) is 31.4 Å². The number of fused-ring (bicyclic) bond motifs is 1. The Morgan fingerprint density at radius 2 is 1.89 bits per heavy atom. The van der Waals surface area contributed by atoms with Crippen LogP contribution in [0, 0.1) is 11.8 Å². The first-order chi connectivity index (χ1) is 17.3. The van der Waals surface area contributed by atoms with Gasteiger partial charge in [0.05, 0.1) is 30.6 Å². The number of benzene rings is 2. The Bertz CT molecular complexity index is 1260. The van der Waals surface area contributed by atoms with E-state index in [-0.39, 0.29) is 6.54 Å². The average molecular weight is 534 g/mol. The Morgan fingerprint density at radius 3 is 2.58 bits per heavy atom. The van der Waals surface area contributed by atoms with Crippen LogP contribution in [0.25, 0.3) is 10.9 Å². The Hall–Kier alpha value is -2.49. The molecule has 0 saturated heterocycles. The van der Waals surface area contributed by atoms with Crippen molar-refractivity contribution in [1.29, 1.82) is 0 Å². The number of nitrogens with one attached hydrogen (secondary N) is 2. The molecule has 0 radical (unpaired) electrons. The lowest BCUT2D eigenvalue weighted by Gasteiger charge is -2.28. The number of anilines is 2. The van der Waals surface area contributed by atoms with Crippen LogP contribution in [-0.2, 0) is 6.54 Å². The highest BCUT2D eigenvalue weighted by Crippen LogP contribution is 2.33. The van der Waals surface area contributed by atoms with Gasteiger partial charge >= 0.3 is 6.18 Å². The maximum Gasteiger partial charge on any atom is 0.406 e. The number of alkyl halides is 3. The van der Waals surface area contributed by atoms with Gasteiger partial charge in [0.25, 0.3) is 0 Å². The standard InChI is InChI=1S/C27H31F3N3OPS/c1-34-26-16-21(36-2)12-13-24(26)31-14-4-5-19-15-22-23(32-18-8-10-20(35)11-9-18)6-3-7-25(22)33(19)17-27(28,29)30/h3,6-7,12-13,15-16,18,20,31-32H,8-11,14,17,35H2,1-2H3. The summed E-state index contributed by atoms with van der Waals surface area (Å²) < 4.78 is 47.1. The van der Waals surface area contributed by atoms with Gasteiger partial charge in [-0.05, 0) is 79.9 Å². The predicted octanol–water partition coefficient (Wildman–Crippen LogP) is 7.00. The first kappa shape index (κ1) is 26.6. The lowest BCUT2D eigenvalue weighted by atomic mass is 9.94. The van der Waals surface area contributed by atoms with Crippen molar-refractivity contribution in [2.45, 2.75) is 55.0 Å². The van der Waals surface area contributed by atoms with Crippen molar-refractivity contribution < 1.29 is 17.9 Å². The van der Waals surface area contributed by atoms with Crippen molar-refractivity contribution >= 4 is 43.3 Å². The molecule has 0 bridgehead atoms. The highest BCUT2D eigenvalue weighted by Gasteiger charge is 2.30. The highest BCUT2D eigenvalue weighted by atomic mass is 32.2. The molecule has 1 aromatic heterocycles. The van der Waals surface area contributed by atoms with Crippen molar-refractivity contribution in [1.82, 2.24) is 4.57 Å². The van der Waals surface area contributed by atoms with E-state index in [9.17, 15) is 13.2 Å². The molecule has 4 rings (SSSR count). The Labute approximate surface area is 216 Å². The Balaban J connectivity index is 1.59. The molecule has 0 spiro atoms. The van der Waals surface area contributed by atoms with Gasteiger partial charge in [-0.15, -0.1) is 21.0 Å². The van der Waals surface area contributed by atoms with Gasteiger partial charge in [0.2, 0.25) is 0 Å². The fraction of sp³-hybridized carbons (Fsp3) is 0.407. The lowest BCUT2D eigenvalue weighted by Crippen LogP contribution is -2.26. The summed E-state index contributed by atoms with van der Waals surface area (Å²) in [5, 5.41) is 7.55. The van der Waals surface area contributed by atoms with E-state index < -0.39 is 12.7 Å². The second-order valence-corrected chi connectivity index (χ2v) is 10.8. The van der Waals surface area contributed by atoms with E-state index >= 15 is 0 Å². The smallest absolute Gasteiger partial charge is 0.406 e. The minimum absolute atomic E-state index is 0.270. The highest BCUT2D eigenvalue weighted by molar-refractivity contribution is 7.98. The molecule has 1 aliphatic carbocycles. The molecule has 1 saturated carbocycles. The van der Waals surface area contributed by atoms with E-state index in [2.05, 4.69) is 31.7 Å². The molecule has 192 valence electrons. The predicted molar refractivity (Wildman–Crippen MR) is 148 cm³/mol. The molecule has 36 heavy (non-hydrogen) atoms. The van der Waals surface area contributed by atoms with Gasteiger partial charge in [-0.1, -0.05) is 12.0 Å². The summed E-state index contributed by atoms with van der Waals surface area (Å²) in [5.41, 5.74) is 3.17. The van der Waals surface area contributed by atoms with E-state index in [4.69, 9.17) is 4.74 Å². The van der Waals surface area contributed by atoms with Crippen LogP contribution in [0.2, 0.25) is 0 Å². The number of hydrogen-bond acceptors (Lipinski definition) is 4. The van der Waals surface area contributed by atoms with Gasteiger partial charge < -0.3 is 19.9 Å². The van der Waals surface area contributed by atoms with Crippen molar-refractivity contribution in [2.75, 3.05) is 30.5 Å². The molecule has 3 aromatic rings. The SMILES string of the molecule is COc1cc(SC)ccc1NCC#Cc1cc2c(NC3CCC(P)CC3)cccc2n1CC(F)(F)F. The Kier molecular flexibility index (Phi) is 8.64. The molecule has 1 unspecified atom stereocenters. The lowest BCUT2D eigenvalue weighted by molar-refractivity contribution is -0.140. The third-order valence-electron chi connectivity index (χ3n) is 6.41. The number of rotatable bonds is 7. The molecular weight excluding hydrogens is 502 g/mol. The van der Waals surface area contributed by atoms with Gasteiger partial charge in [-0.25, -0.2) is 0 Å². The molecule has 9 heteroatoms. The van der Waals surface area contributed by atoms with Crippen LogP contribution in [0.3, 0.4) is 0 Å². The van der Waals surface area contributed by atoms with Gasteiger partial charge in [0, 0.05) is 22.0 Å². The van der Waals surface area contributed by atoms with Crippen molar-refractivity contribution in [3.05, 3.63) is 48.2 Å². The van der Waals surface area contributed by atoms with Gasteiger partial charge in [-0.3, -0.25) is 0 Å². The van der Waals surface area contributed by atoms with Crippen LogP contribution in [0.15, 0.2) is 47.4 Å². The van der Waals surface area contributed by atoms with Crippen LogP contribution in [0.5, 0.6) is 5.75 Å². The third kappa shape index (κ3) is 6.63. The monoisotopic (exact) mass is 533 g/mol. The molecule has 0 amide bonds. The Morgan fingerprint density at radius 1 is 1.11 bits per heavy atom. The number of halogens is 3. The summed E-state index contributed by atoms with van der Waals surface area (Å²) in [6, 6.07) is 13.4. The molecule has 1 aliphatic rings. The molecule has 1 fully saturated rings. The number of nitrogens with zero attached hydrogens (tertiary/aromatic N) is 1. The minimum Gasteiger partial charge on any atom is -0.495 e. The van der Waals surface area contributed by atoms with Gasteiger partial charge in [-0.2, -0.15) is 13.2 Å².